The number of carbonyl (C=O) groups excluding carboxylic acids is 2. The Kier molecular flexibility index (Phi) is 16.1. The number of rotatable bonds is 12. The fourth-order valence-electron chi connectivity index (χ4n) is 10.5. The van der Waals surface area contributed by atoms with Crippen molar-refractivity contribution >= 4 is 91.5 Å². The lowest BCUT2D eigenvalue weighted by Gasteiger charge is -2.32. The van der Waals surface area contributed by atoms with E-state index in [2.05, 4.69) is 112 Å². The molecule has 6 aromatic carbocycles. The second kappa shape index (κ2) is 23.8. The third kappa shape index (κ3) is 13.0. The number of anilines is 10. The van der Waals surface area contributed by atoms with Crippen LogP contribution in [-0.4, -0.2) is 76.3 Å². The molecular formula is C63H60F6N16O2. The first kappa shape index (κ1) is 58.8. The highest BCUT2D eigenvalue weighted by atomic mass is 19.4. The quantitative estimate of drug-likeness (QED) is 0.0568. The summed E-state index contributed by atoms with van der Waals surface area (Å²) >= 11 is 0. The van der Waals surface area contributed by atoms with E-state index < -0.39 is 35.3 Å². The number of benzene rings is 6. The van der Waals surface area contributed by atoms with E-state index in [1.54, 1.807) is 72.3 Å². The Morgan fingerprint density at radius 3 is 1.49 bits per heavy atom. The Morgan fingerprint density at radius 2 is 1.01 bits per heavy atom. The number of halogens is 6. The molecule has 0 bridgehead atoms. The summed E-state index contributed by atoms with van der Waals surface area (Å²) in [5.41, 5.74) is 10.2. The van der Waals surface area contributed by atoms with Crippen LogP contribution in [0.3, 0.4) is 0 Å². The lowest BCUT2D eigenvalue weighted by Crippen LogP contribution is -2.30. The van der Waals surface area contributed by atoms with E-state index in [4.69, 9.17) is 4.98 Å². The summed E-state index contributed by atoms with van der Waals surface area (Å²) < 4.78 is 82.0. The molecule has 2 atom stereocenters. The molecule has 0 aliphatic carbocycles. The Bertz CT molecular complexity index is 4270. The molecule has 24 heteroatoms. The SMILES string of the molecule is Cc1ccc(NC(=O)c2cccc(C(F)(F)F)c2)cc1Nc1nn(C)c2nc(Nc3ccc4c(c3)C(C)N(C)CC4)ncc12.Cc1ccc(NC(=O)c2cccc(C(F)(F)F)c2)cc1Nc1nn(C)c2nc(Nc3ccc4c(c3)C(C)NCC4)ncc12. The van der Waals surface area contributed by atoms with Crippen LogP contribution >= 0.6 is 0 Å². The summed E-state index contributed by atoms with van der Waals surface area (Å²) in [7, 11) is 5.71. The number of hydrogen-bond acceptors (Lipinski definition) is 14. The molecule has 12 rings (SSSR count). The van der Waals surface area contributed by atoms with Crippen molar-refractivity contribution in [1.82, 2.24) is 49.7 Å². The average molecular weight is 1190 g/mol. The van der Waals surface area contributed by atoms with E-state index in [0.29, 0.717) is 74.4 Å². The number of fused-ring (bicyclic) bond motifs is 4. The van der Waals surface area contributed by atoms with E-state index in [1.807, 2.05) is 26.0 Å². The highest BCUT2D eigenvalue weighted by Gasteiger charge is 2.32. The minimum atomic E-state index is -4.54. The van der Waals surface area contributed by atoms with Crippen LogP contribution in [0.15, 0.2) is 134 Å². The molecule has 4 aromatic heterocycles. The van der Waals surface area contributed by atoms with Crippen molar-refractivity contribution in [2.75, 3.05) is 52.0 Å². The standard InChI is InChI=1S/C32H31F3N8O.C31H29F3N8O/c1-18-8-10-24(37-30(44)21-6-5-7-22(14-21)32(33,34)35)16-27(18)39-28-26-17-36-31(40-29(26)43(4)41-28)38-23-11-9-20-12-13-42(3)19(2)25(20)15-23;1-17-7-9-23(37-29(43)20-5-4-6-21(13-20)31(32,33)34)15-26(17)39-27-25-16-36-30(40-28(25)42(3)41-27)38-22-10-8-19-11-12-35-18(2)24(19)14-22/h5-11,14-17,19H,12-13H2,1-4H3,(H,37,44)(H,39,41)(H,36,38,40);4-10,13-16,18,35H,11-12H2,1-3H3,(H,37,43)(H,39,41)(H,36,38,40). The van der Waals surface area contributed by atoms with Gasteiger partial charge in [0, 0.05) is 90.4 Å². The minimum Gasteiger partial charge on any atom is -0.338 e. The predicted octanol–water partition coefficient (Wildman–Crippen LogP) is 13.6. The maximum atomic E-state index is 13.1. The van der Waals surface area contributed by atoms with Gasteiger partial charge in [-0.25, -0.2) is 19.3 Å². The van der Waals surface area contributed by atoms with Crippen molar-refractivity contribution in [3.63, 3.8) is 0 Å². The molecule has 2 aliphatic rings. The Morgan fingerprint density at radius 1 is 0.552 bits per heavy atom. The zero-order valence-corrected chi connectivity index (χ0v) is 48.3. The van der Waals surface area contributed by atoms with Crippen molar-refractivity contribution in [1.29, 1.82) is 0 Å². The normalized spacial score (nSPS) is 15.0. The molecule has 0 radical (unpaired) electrons. The number of nitrogens with zero attached hydrogens (tertiary/aromatic N) is 9. The minimum absolute atomic E-state index is 0.0931. The molecule has 2 amide bonds. The van der Waals surface area contributed by atoms with Crippen LogP contribution in [0.5, 0.6) is 0 Å². The number of aromatic nitrogens is 8. The molecule has 0 spiro atoms. The Labute approximate surface area is 495 Å². The van der Waals surface area contributed by atoms with E-state index in [-0.39, 0.29) is 17.2 Å². The molecule has 0 saturated heterocycles. The lowest BCUT2D eigenvalue weighted by molar-refractivity contribution is -0.138. The number of aryl methyl sites for hydroxylation is 4. The van der Waals surface area contributed by atoms with Gasteiger partial charge >= 0.3 is 12.4 Å². The van der Waals surface area contributed by atoms with Gasteiger partial charge in [-0.2, -0.15) is 46.5 Å². The number of carbonyl (C=O) groups is 2. The summed E-state index contributed by atoms with van der Waals surface area (Å²) in [6, 6.07) is 32.2. The molecule has 87 heavy (non-hydrogen) atoms. The van der Waals surface area contributed by atoms with Crippen molar-refractivity contribution in [3.8, 4) is 0 Å². The van der Waals surface area contributed by atoms with E-state index in [1.165, 1.54) is 46.5 Å². The van der Waals surface area contributed by atoms with Gasteiger partial charge in [0.2, 0.25) is 11.9 Å². The first-order valence-electron chi connectivity index (χ1n) is 27.9. The number of nitrogens with one attached hydrogen (secondary N) is 7. The Hall–Kier alpha value is -9.94. The maximum Gasteiger partial charge on any atom is 0.416 e. The van der Waals surface area contributed by atoms with Gasteiger partial charge in [-0.1, -0.05) is 36.4 Å². The van der Waals surface area contributed by atoms with Crippen molar-refractivity contribution in [2.45, 2.75) is 65.0 Å². The summed E-state index contributed by atoms with van der Waals surface area (Å²) in [6.45, 7) is 10.1. The van der Waals surface area contributed by atoms with E-state index >= 15 is 0 Å². The monoisotopic (exact) mass is 1190 g/mol. The highest BCUT2D eigenvalue weighted by molar-refractivity contribution is 6.05. The number of amides is 2. The number of likely N-dealkylation sites (N-methyl/N-ethyl adjacent to an activating group) is 1. The predicted molar refractivity (Wildman–Crippen MR) is 325 cm³/mol. The summed E-state index contributed by atoms with van der Waals surface area (Å²) in [6.07, 6.45) is -3.67. The summed E-state index contributed by atoms with van der Waals surface area (Å²) in [5.74, 6) is 0.616. The number of alkyl halides is 6. The average Bonchev–Trinajstić information content (AvgIpc) is 2.07. The molecule has 2 unspecified atom stereocenters. The summed E-state index contributed by atoms with van der Waals surface area (Å²) in [5, 5.41) is 32.6. The van der Waals surface area contributed by atoms with Crippen molar-refractivity contribution in [2.24, 2.45) is 14.1 Å². The maximum absolute atomic E-state index is 13.1. The lowest BCUT2D eigenvalue weighted by atomic mass is 9.93. The van der Waals surface area contributed by atoms with Crippen LogP contribution in [0.1, 0.15) is 91.2 Å². The molecule has 6 heterocycles. The molecule has 0 saturated carbocycles. The first-order valence-corrected chi connectivity index (χ1v) is 27.9. The molecule has 2 aliphatic heterocycles. The smallest absolute Gasteiger partial charge is 0.338 e. The molecule has 7 N–H and O–H groups in total. The van der Waals surface area contributed by atoms with Crippen LogP contribution in [-0.2, 0) is 39.3 Å². The van der Waals surface area contributed by atoms with Gasteiger partial charge in [-0.05, 0) is 172 Å². The van der Waals surface area contributed by atoms with Gasteiger partial charge in [-0.3, -0.25) is 14.5 Å². The fraction of sp³-hybridized carbons (Fsp3) is 0.238. The van der Waals surface area contributed by atoms with Crippen molar-refractivity contribution < 1.29 is 35.9 Å². The van der Waals surface area contributed by atoms with Crippen LogP contribution in [0.2, 0.25) is 0 Å². The van der Waals surface area contributed by atoms with Gasteiger partial charge < -0.3 is 37.2 Å². The molecule has 446 valence electrons. The van der Waals surface area contributed by atoms with E-state index in [9.17, 15) is 35.9 Å². The van der Waals surface area contributed by atoms with Gasteiger partial charge in [0.15, 0.2) is 22.9 Å². The summed E-state index contributed by atoms with van der Waals surface area (Å²) in [4.78, 5) is 46.3. The van der Waals surface area contributed by atoms with Crippen molar-refractivity contribution in [3.05, 3.63) is 189 Å². The third-order valence-electron chi connectivity index (χ3n) is 15.5. The van der Waals surface area contributed by atoms with Crippen LogP contribution in [0, 0.1) is 13.8 Å². The zero-order chi connectivity index (χ0) is 61.5. The first-order chi connectivity index (χ1) is 41.5. The van der Waals surface area contributed by atoms with Crippen LogP contribution in [0.4, 0.5) is 84.0 Å². The second-order valence-electron chi connectivity index (χ2n) is 21.6. The molecule has 0 fully saturated rings. The largest absolute Gasteiger partial charge is 0.416 e. The van der Waals surface area contributed by atoms with E-state index in [0.717, 1.165) is 72.7 Å². The van der Waals surface area contributed by atoms with Gasteiger partial charge in [0.1, 0.15) is 0 Å². The number of hydrogen-bond donors (Lipinski definition) is 7. The van der Waals surface area contributed by atoms with Gasteiger partial charge in [0.05, 0.1) is 21.9 Å². The molecule has 18 nitrogen and oxygen atoms in total. The van der Waals surface area contributed by atoms with Gasteiger partial charge in [-0.15, -0.1) is 0 Å². The van der Waals surface area contributed by atoms with Crippen LogP contribution in [0.25, 0.3) is 22.1 Å². The second-order valence-corrected chi connectivity index (χ2v) is 21.6. The van der Waals surface area contributed by atoms with Gasteiger partial charge in [0.25, 0.3) is 11.8 Å². The third-order valence-corrected chi connectivity index (χ3v) is 15.5. The van der Waals surface area contributed by atoms with Crippen LogP contribution < -0.4 is 37.2 Å². The fourth-order valence-corrected chi connectivity index (χ4v) is 10.5. The molecule has 10 aromatic rings. The zero-order valence-electron chi connectivity index (χ0n) is 48.3. The Balaban J connectivity index is 0.000000180. The molecular weight excluding hydrogens is 1130 g/mol. The topological polar surface area (TPSA) is 209 Å². The highest BCUT2D eigenvalue weighted by Crippen LogP contribution is 2.36.